The Morgan fingerprint density at radius 2 is 2.06 bits per heavy atom. The molecule has 1 fully saturated rings. The summed E-state index contributed by atoms with van der Waals surface area (Å²) in [5, 5.41) is 9.19. The lowest BCUT2D eigenvalue weighted by atomic mass is 10.1. The Hall–Kier alpha value is -1.42. The molecule has 0 amide bonds. The number of ether oxygens (including phenoxy) is 2. The van der Waals surface area contributed by atoms with Crippen molar-refractivity contribution < 1.29 is 14.6 Å². The first-order chi connectivity index (χ1) is 8.86. The first kappa shape index (κ1) is 11.7. The van der Waals surface area contributed by atoms with E-state index in [2.05, 4.69) is 17.0 Å². The van der Waals surface area contributed by atoms with E-state index in [4.69, 9.17) is 9.47 Å². The van der Waals surface area contributed by atoms with Crippen molar-refractivity contribution in [3.8, 4) is 11.5 Å². The Labute approximate surface area is 107 Å². The van der Waals surface area contributed by atoms with E-state index >= 15 is 0 Å². The minimum atomic E-state index is 0.279. The van der Waals surface area contributed by atoms with Crippen molar-refractivity contribution in [1.29, 1.82) is 0 Å². The summed E-state index contributed by atoms with van der Waals surface area (Å²) in [6.07, 6.45) is 1.99. The first-order valence-corrected chi connectivity index (χ1v) is 6.62. The molecule has 0 aromatic heterocycles. The van der Waals surface area contributed by atoms with Gasteiger partial charge in [0.1, 0.15) is 0 Å². The van der Waals surface area contributed by atoms with E-state index in [1.165, 1.54) is 0 Å². The molecule has 4 nitrogen and oxygen atoms in total. The van der Waals surface area contributed by atoms with Gasteiger partial charge in [-0.25, -0.2) is 0 Å². The summed E-state index contributed by atoms with van der Waals surface area (Å²) in [6.45, 7) is 3.65. The van der Waals surface area contributed by atoms with Gasteiger partial charge >= 0.3 is 0 Å². The maximum atomic E-state index is 9.19. The summed E-state index contributed by atoms with van der Waals surface area (Å²) < 4.78 is 11.3. The molecule has 3 rings (SSSR count). The molecule has 1 aromatic rings. The molecule has 98 valence electrons. The second kappa shape index (κ2) is 5.06. The molecule has 0 spiro atoms. The summed E-state index contributed by atoms with van der Waals surface area (Å²) in [4.78, 5) is 2.30. The number of fused-ring (bicyclic) bond motifs is 1. The summed E-state index contributed by atoms with van der Waals surface area (Å²) in [6, 6.07) is 6.12. The standard InChI is InChI=1S/C14H19NO3/c16-10-11-4-5-15(9-11)12-2-3-13-14(8-12)18-7-1-6-17-13/h2-3,8,11,16H,1,4-7,9-10H2. The minimum Gasteiger partial charge on any atom is -0.490 e. The predicted molar refractivity (Wildman–Crippen MR) is 69.5 cm³/mol. The molecule has 1 unspecified atom stereocenters. The van der Waals surface area contributed by atoms with E-state index in [0.717, 1.165) is 56.3 Å². The van der Waals surface area contributed by atoms with Crippen LogP contribution >= 0.6 is 0 Å². The molecule has 2 aliphatic heterocycles. The van der Waals surface area contributed by atoms with Crippen molar-refractivity contribution in [2.24, 2.45) is 5.92 Å². The Morgan fingerprint density at radius 3 is 2.83 bits per heavy atom. The topological polar surface area (TPSA) is 41.9 Å². The first-order valence-electron chi connectivity index (χ1n) is 6.62. The van der Waals surface area contributed by atoms with Gasteiger partial charge in [0.05, 0.1) is 13.2 Å². The van der Waals surface area contributed by atoms with Crippen LogP contribution in [0.15, 0.2) is 18.2 Å². The molecule has 1 atom stereocenters. The third-order valence-electron chi connectivity index (χ3n) is 3.64. The van der Waals surface area contributed by atoms with Gasteiger partial charge in [0.15, 0.2) is 11.5 Å². The van der Waals surface area contributed by atoms with Gasteiger partial charge in [0.25, 0.3) is 0 Å². The molecule has 2 heterocycles. The number of rotatable bonds is 2. The van der Waals surface area contributed by atoms with Crippen LogP contribution in [-0.4, -0.2) is 38.0 Å². The van der Waals surface area contributed by atoms with Crippen LogP contribution in [0.25, 0.3) is 0 Å². The van der Waals surface area contributed by atoms with Crippen molar-refractivity contribution in [1.82, 2.24) is 0 Å². The molecule has 1 aromatic carbocycles. The molecule has 0 saturated carbocycles. The third kappa shape index (κ3) is 2.25. The molecule has 2 aliphatic rings. The van der Waals surface area contributed by atoms with E-state index < -0.39 is 0 Å². The Kier molecular flexibility index (Phi) is 3.28. The lowest BCUT2D eigenvalue weighted by Crippen LogP contribution is -2.20. The molecular weight excluding hydrogens is 230 g/mol. The zero-order chi connectivity index (χ0) is 12.4. The molecule has 0 bridgehead atoms. The second-order valence-electron chi connectivity index (χ2n) is 4.96. The number of hydrogen-bond donors (Lipinski definition) is 1. The number of benzene rings is 1. The fourth-order valence-electron chi connectivity index (χ4n) is 2.56. The summed E-state index contributed by atoms with van der Waals surface area (Å²) >= 11 is 0. The fraction of sp³-hybridized carbons (Fsp3) is 0.571. The van der Waals surface area contributed by atoms with Crippen LogP contribution in [0.1, 0.15) is 12.8 Å². The summed E-state index contributed by atoms with van der Waals surface area (Å²) in [7, 11) is 0. The Morgan fingerprint density at radius 1 is 1.22 bits per heavy atom. The molecule has 1 saturated heterocycles. The third-order valence-corrected chi connectivity index (χ3v) is 3.64. The van der Waals surface area contributed by atoms with Gasteiger partial charge in [-0.15, -0.1) is 0 Å². The number of hydrogen-bond acceptors (Lipinski definition) is 4. The molecular formula is C14H19NO3. The van der Waals surface area contributed by atoms with Gasteiger partial charge in [0.2, 0.25) is 0 Å². The maximum absolute atomic E-state index is 9.19. The lowest BCUT2D eigenvalue weighted by Gasteiger charge is -2.20. The molecule has 1 N–H and O–H groups in total. The highest BCUT2D eigenvalue weighted by atomic mass is 16.5. The van der Waals surface area contributed by atoms with E-state index in [-0.39, 0.29) is 6.61 Å². The molecule has 18 heavy (non-hydrogen) atoms. The van der Waals surface area contributed by atoms with Crippen LogP contribution < -0.4 is 14.4 Å². The quantitative estimate of drug-likeness (QED) is 0.865. The summed E-state index contributed by atoms with van der Waals surface area (Å²) in [5.41, 5.74) is 1.16. The van der Waals surface area contributed by atoms with Gasteiger partial charge < -0.3 is 19.5 Å². The van der Waals surface area contributed by atoms with Crippen LogP contribution in [0.4, 0.5) is 5.69 Å². The normalized spacial score (nSPS) is 22.9. The number of anilines is 1. The zero-order valence-electron chi connectivity index (χ0n) is 10.5. The van der Waals surface area contributed by atoms with Crippen molar-refractivity contribution in [2.75, 3.05) is 37.8 Å². The van der Waals surface area contributed by atoms with Gasteiger partial charge in [-0.3, -0.25) is 0 Å². The van der Waals surface area contributed by atoms with E-state index in [1.807, 2.05) is 6.07 Å². The van der Waals surface area contributed by atoms with Crippen molar-refractivity contribution in [2.45, 2.75) is 12.8 Å². The van der Waals surface area contributed by atoms with E-state index in [0.29, 0.717) is 5.92 Å². The fourth-order valence-corrected chi connectivity index (χ4v) is 2.56. The summed E-state index contributed by atoms with van der Waals surface area (Å²) in [5.74, 6) is 2.09. The van der Waals surface area contributed by atoms with E-state index in [1.54, 1.807) is 0 Å². The highest BCUT2D eigenvalue weighted by molar-refractivity contribution is 5.57. The SMILES string of the molecule is OCC1CCN(c2ccc3c(c2)OCCCO3)C1. The van der Waals surface area contributed by atoms with Crippen LogP contribution in [0.3, 0.4) is 0 Å². The number of aliphatic hydroxyl groups excluding tert-OH is 1. The largest absolute Gasteiger partial charge is 0.490 e. The van der Waals surface area contributed by atoms with Gasteiger partial charge in [0, 0.05) is 43.8 Å². The zero-order valence-corrected chi connectivity index (χ0v) is 10.5. The second-order valence-corrected chi connectivity index (χ2v) is 4.96. The van der Waals surface area contributed by atoms with Crippen LogP contribution in [0.2, 0.25) is 0 Å². The van der Waals surface area contributed by atoms with Gasteiger partial charge in [-0.05, 0) is 18.6 Å². The van der Waals surface area contributed by atoms with Crippen molar-refractivity contribution in [3.05, 3.63) is 18.2 Å². The van der Waals surface area contributed by atoms with Gasteiger partial charge in [-0.2, -0.15) is 0 Å². The lowest BCUT2D eigenvalue weighted by molar-refractivity contribution is 0.238. The molecule has 0 radical (unpaired) electrons. The number of nitrogens with zero attached hydrogens (tertiary/aromatic N) is 1. The monoisotopic (exact) mass is 249 g/mol. The van der Waals surface area contributed by atoms with Crippen LogP contribution in [0.5, 0.6) is 11.5 Å². The van der Waals surface area contributed by atoms with Crippen LogP contribution in [0, 0.1) is 5.92 Å². The van der Waals surface area contributed by atoms with Crippen molar-refractivity contribution in [3.63, 3.8) is 0 Å². The molecule has 0 aliphatic carbocycles. The predicted octanol–water partition coefficient (Wildman–Crippen LogP) is 1.67. The number of aliphatic hydroxyl groups is 1. The Balaban J connectivity index is 1.79. The smallest absolute Gasteiger partial charge is 0.163 e. The molecule has 4 heteroatoms. The van der Waals surface area contributed by atoms with Crippen LogP contribution in [-0.2, 0) is 0 Å². The highest BCUT2D eigenvalue weighted by Crippen LogP contribution is 2.35. The average Bonchev–Trinajstić information content (AvgIpc) is 2.76. The van der Waals surface area contributed by atoms with E-state index in [9.17, 15) is 5.11 Å². The highest BCUT2D eigenvalue weighted by Gasteiger charge is 2.23. The maximum Gasteiger partial charge on any atom is 0.163 e. The Bertz CT molecular complexity index is 422. The van der Waals surface area contributed by atoms with Crippen molar-refractivity contribution >= 4 is 5.69 Å². The minimum absolute atomic E-state index is 0.279. The average molecular weight is 249 g/mol. The van der Waals surface area contributed by atoms with Gasteiger partial charge in [-0.1, -0.05) is 0 Å².